The fraction of sp³-hybridized carbons (Fsp3) is 0.423. The van der Waals surface area contributed by atoms with E-state index in [9.17, 15) is 0 Å². The molecule has 35 heavy (non-hydrogen) atoms. The Morgan fingerprint density at radius 2 is 1.40 bits per heavy atom. The summed E-state index contributed by atoms with van der Waals surface area (Å²) in [5.74, 6) is 3.22. The van der Waals surface area contributed by atoms with Gasteiger partial charge in [-0.15, -0.1) is 0 Å². The molecular formula is C26H33N7O2. The molecule has 1 aliphatic heterocycles. The second-order valence-electron chi connectivity index (χ2n) is 9.24. The van der Waals surface area contributed by atoms with Gasteiger partial charge >= 0.3 is 0 Å². The van der Waals surface area contributed by atoms with Crippen molar-refractivity contribution in [2.75, 3.05) is 41.7 Å². The van der Waals surface area contributed by atoms with Gasteiger partial charge in [-0.05, 0) is 48.2 Å². The van der Waals surface area contributed by atoms with Gasteiger partial charge in [-0.1, -0.05) is 37.5 Å². The summed E-state index contributed by atoms with van der Waals surface area (Å²) in [6.07, 6.45) is 6.08. The van der Waals surface area contributed by atoms with E-state index < -0.39 is 0 Å². The van der Waals surface area contributed by atoms with Crippen LogP contribution in [0.25, 0.3) is 0 Å². The Morgan fingerprint density at radius 3 is 2.11 bits per heavy atom. The summed E-state index contributed by atoms with van der Waals surface area (Å²) in [7, 11) is 4.08. The molecule has 0 bridgehead atoms. The van der Waals surface area contributed by atoms with Gasteiger partial charge in [0.25, 0.3) is 0 Å². The van der Waals surface area contributed by atoms with Gasteiger partial charge in [-0.2, -0.15) is 15.0 Å². The molecule has 0 unspecified atom stereocenters. The zero-order valence-electron chi connectivity index (χ0n) is 20.4. The van der Waals surface area contributed by atoms with Crippen LogP contribution in [0.5, 0.6) is 11.5 Å². The third-order valence-corrected chi connectivity index (χ3v) is 6.36. The van der Waals surface area contributed by atoms with Gasteiger partial charge in [0.05, 0.1) is 0 Å². The van der Waals surface area contributed by atoms with Crippen molar-refractivity contribution in [3.8, 4) is 11.5 Å². The molecule has 184 valence electrons. The van der Waals surface area contributed by atoms with Gasteiger partial charge in [0.2, 0.25) is 24.6 Å². The van der Waals surface area contributed by atoms with E-state index >= 15 is 0 Å². The zero-order chi connectivity index (χ0) is 24.0. The standard InChI is InChI=1S/C26H33N7O2/c1-33(2)21-11-8-18(9-12-21)15-27-24-30-25(32-26(31-24)29-20-6-4-3-5-7-20)28-16-19-10-13-22-23(14-19)35-17-34-22/h8-14,20H,3-7,15-17H2,1-2H3,(H3,27,28,29,30,31,32). The minimum atomic E-state index is 0.267. The number of rotatable bonds is 9. The lowest BCUT2D eigenvalue weighted by Gasteiger charge is -2.23. The lowest BCUT2D eigenvalue weighted by Crippen LogP contribution is -2.24. The summed E-state index contributed by atoms with van der Waals surface area (Å²) in [6, 6.07) is 14.8. The molecule has 0 atom stereocenters. The number of nitrogens with one attached hydrogen (secondary N) is 3. The third-order valence-electron chi connectivity index (χ3n) is 6.36. The first-order valence-corrected chi connectivity index (χ1v) is 12.3. The molecule has 3 N–H and O–H groups in total. The molecule has 2 aliphatic rings. The minimum Gasteiger partial charge on any atom is -0.454 e. The molecular weight excluding hydrogens is 442 g/mol. The molecule has 1 aromatic heterocycles. The zero-order valence-corrected chi connectivity index (χ0v) is 20.4. The van der Waals surface area contributed by atoms with Crippen LogP contribution in [0.3, 0.4) is 0 Å². The smallest absolute Gasteiger partial charge is 0.231 e. The Balaban J connectivity index is 1.29. The molecule has 0 spiro atoms. The third kappa shape index (κ3) is 6.03. The fourth-order valence-electron chi connectivity index (χ4n) is 4.35. The number of nitrogens with zero attached hydrogens (tertiary/aromatic N) is 4. The Bertz CT molecular complexity index is 1130. The Morgan fingerprint density at radius 1 is 0.771 bits per heavy atom. The number of benzene rings is 2. The summed E-state index contributed by atoms with van der Waals surface area (Å²) < 4.78 is 10.9. The van der Waals surface area contributed by atoms with Crippen LogP contribution in [0.15, 0.2) is 42.5 Å². The van der Waals surface area contributed by atoms with Gasteiger partial charge in [0.15, 0.2) is 11.5 Å². The van der Waals surface area contributed by atoms with Crippen molar-refractivity contribution in [1.82, 2.24) is 15.0 Å². The van der Waals surface area contributed by atoms with Crippen LogP contribution < -0.4 is 30.3 Å². The highest BCUT2D eigenvalue weighted by molar-refractivity contribution is 5.48. The number of hydrogen-bond acceptors (Lipinski definition) is 9. The van der Waals surface area contributed by atoms with Crippen LogP contribution in [-0.2, 0) is 13.1 Å². The maximum absolute atomic E-state index is 5.49. The number of ether oxygens (including phenoxy) is 2. The first-order chi connectivity index (χ1) is 17.1. The van der Waals surface area contributed by atoms with Crippen LogP contribution >= 0.6 is 0 Å². The van der Waals surface area contributed by atoms with Crippen molar-refractivity contribution in [3.63, 3.8) is 0 Å². The largest absolute Gasteiger partial charge is 0.454 e. The number of hydrogen-bond donors (Lipinski definition) is 3. The van der Waals surface area contributed by atoms with E-state index in [1.807, 2.05) is 32.3 Å². The van der Waals surface area contributed by atoms with E-state index in [1.165, 1.54) is 24.9 Å². The lowest BCUT2D eigenvalue weighted by molar-refractivity contribution is 0.174. The SMILES string of the molecule is CN(C)c1ccc(CNc2nc(NCc3ccc4c(c3)OCO4)nc(NC3CCCCC3)n2)cc1. The molecule has 1 fully saturated rings. The molecule has 5 rings (SSSR count). The van der Waals surface area contributed by atoms with Crippen molar-refractivity contribution in [2.24, 2.45) is 0 Å². The number of anilines is 4. The molecule has 0 saturated heterocycles. The second-order valence-corrected chi connectivity index (χ2v) is 9.24. The van der Waals surface area contributed by atoms with Gasteiger partial charge < -0.3 is 30.3 Å². The number of fused-ring (bicyclic) bond motifs is 1. The highest BCUT2D eigenvalue weighted by Crippen LogP contribution is 2.32. The highest BCUT2D eigenvalue weighted by Gasteiger charge is 2.16. The van der Waals surface area contributed by atoms with Crippen molar-refractivity contribution >= 4 is 23.5 Å². The molecule has 1 saturated carbocycles. The van der Waals surface area contributed by atoms with E-state index in [2.05, 4.69) is 60.1 Å². The first-order valence-electron chi connectivity index (χ1n) is 12.3. The van der Waals surface area contributed by atoms with Crippen LogP contribution in [-0.4, -0.2) is 41.9 Å². The molecule has 2 heterocycles. The quantitative estimate of drug-likeness (QED) is 0.409. The summed E-state index contributed by atoms with van der Waals surface area (Å²) in [5.41, 5.74) is 3.39. The molecule has 2 aromatic carbocycles. The predicted molar refractivity (Wildman–Crippen MR) is 138 cm³/mol. The minimum absolute atomic E-state index is 0.267. The Labute approximate surface area is 206 Å². The van der Waals surface area contributed by atoms with Crippen LogP contribution in [0.1, 0.15) is 43.2 Å². The van der Waals surface area contributed by atoms with Crippen molar-refractivity contribution in [2.45, 2.75) is 51.2 Å². The first kappa shape index (κ1) is 23.0. The summed E-state index contributed by atoms with van der Waals surface area (Å²) >= 11 is 0. The van der Waals surface area contributed by atoms with E-state index in [0.717, 1.165) is 35.5 Å². The number of aromatic nitrogens is 3. The van der Waals surface area contributed by atoms with Crippen LogP contribution in [0, 0.1) is 0 Å². The molecule has 0 radical (unpaired) electrons. The van der Waals surface area contributed by atoms with E-state index in [1.54, 1.807) is 0 Å². The molecule has 1 aliphatic carbocycles. The second kappa shape index (κ2) is 10.7. The highest BCUT2D eigenvalue weighted by atomic mass is 16.7. The van der Waals surface area contributed by atoms with Gasteiger partial charge in [0.1, 0.15) is 0 Å². The maximum atomic E-state index is 5.49. The van der Waals surface area contributed by atoms with Gasteiger partial charge in [0, 0.05) is 38.9 Å². The molecule has 0 amide bonds. The van der Waals surface area contributed by atoms with Crippen LogP contribution in [0.2, 0.25) is 0 Å². The molecule has 9 heteroatoms. The fourth-order valence-corrected chi connectivity index (χ4v) is 4.35. The Kier molecular flexibility index (Phi) is 7.02. The monoisotopic (exact) mass is 475 g/mol. The van der Waals surface area contributed by atoms with E-state index in [0.29, 0.717) is 37.0 Å². The van der Waals surface area contributed by atoms with Crippen molar-refractivity contribution in [1.29, 1.82) is 0 Å². The van der Waals surface area contributed by atoms with Crippen molar-refractivity contribution in [3.05, 3.63) is 53.6 Å². The average molecular weight is 476 g/mol. The lowest BCUT2D eigenvalue weighted by atomic mass is 9.96. The topological polar surface area (TPSA) is 96.5 Å². The van der Waals surface area contributed by atoms with Gasteiger partial charge in [-0.25, -0.2) is 0 Å². The van der Waals surface area contributed by atoms with Gasteiger partial charge in [-0.3, -0.25) is 0 Å². The summed E-state index contributed by atoms with van der Waals surface area (Å²) in [6.45, 7) is 1.46. The molecule has 3 aromatic rings. The maximum Gasteiger partial charge on any atom is 0.231 e. The summed E-state index contributed by atoms with van der Waals surface area (Å²) in [5, 5.41) is 10.2. The van der Waals surface area contributed by atoms with Crippen LogP contribution in [0.4, 0.5) is 23.5 Å². The van der Waals surface area contributed by atoms with E-state index in [4.69, 9.17) is 9.47 Å². The predicted octanol–water partition coefficient (Wildman–Crippen LogP) is 4.64. The average Bonchev–Trinajstić information content (AvgIpc) is 3.35. The summed E-state index contributed by atoms with van der Waals surface area (Å²) in [4.78, 5) is 16.0. The van der Waals surface area contributed by atoms with Crippen molar-refractivity contribution < 1.29 is 9.47 Å². The normalized spacial score (nSPS) is 15.0. The van der Waals surface area contributed by atoms with E-state index in [-0.39, 0.29) is 6.79 Å². The molecule has 9 nitrogen and oxygen atoms in total. The Hall–Kier alpha value is -3.75.